The van der Waals surface area contributed by atoms with Gasteiger partial charge in [-0.3, -0.25) is 0 Å². The van der Waals surface area contributed by atoms with Crippen molar-refractivity contribution in [2.45, 2.75) is 45.6 Å². The van der Waals surface area contributed by atoms with Crippen LogP contribution in [0.4, 0.5) is 5.13 Å². The van der Waals surface area contributed by atoms with Crippen LogP contribution in [0.25, 0.3) is 0 Å². The van der Waals surface area contributed by atoms with Crippen molar-refractivity contribution in [2.24, 2.45) is 0 Å². The molecule has 4 heteroatoms. The number of nitrogens with one attached hydrogen (secondary N) is 1. The number of aromatic nitrogens is 2. The second-order valence-electron chi connectivity index (χ2n) is 3.29. The Morgan fingerprint density at radius 3 is 3.00 bits per heavy atom. The molecule has 0 saturated heterocycles. The van der Waals surface area contributed by atoms with Gasteiger partial charge in [-0.25, -0.2) is 4.98 Å². The Morgan fingerprint density at radius 1 is 1.54 bits per heavy atom. The van der Waals surface area contributed by atoms with Crippen LogP contribution < -0.4 is 5.32 Å². The van der Waals surface area contributed by atoms with E-state index >= 15 is 0 Å². The van der Waals surface area contributed by atoms with Gasteiger partial charge in [0.1, 0.15) is 6.33 Å². The monoisotopic (exact) mass is 199 g/mol. The molecule has 1 aromatic heterocycles. The molecule has 0 spiro atoms. The molecule has 1 heterocycles. The lowest BCUT2D eigenvalue weighted by atomic mass is 10.1. The van der Waals surface area contributed by atoms with Crippen molar-refractivity contribution in [1.29, 1.82) is 0 Å². The molecule has 1 aromatic rings. The van der Waals surface area contributed by atoms with E-state index in [1.165, 1.54) is 37.2 Å². The maximum absolute atomic E-state index is 4.08. The van der Waals surface area contributed by atoms with Crippen LogP contribution in [0.15, 0.2) is 6.33 Å². The van der Waals surface area contributed by atoms with Crippen LogP contribution in [-0.4, -0.2) is 15.4 Å². The summed E-state index contributed by atoms with van der Waals surface area (Å²) in [5, 5.41) is 4.26. The minimum Gasteiger partial charge on any atom is -0.358 e. The summed E-state index contributed by atoms with van der Waals surface area (Å²) in [7, 11) is 0. The number of unbranched alkanes of at least 4 members (excludes halogenated alkanes) is 2. The third-order valence-corrected chi connectivity index (χ3v) is 2.57. The largest absolute Gasteiger partial charge is 0.358 e. The summed E-state index contributed by atoms with van der Waals surface area (Å²) >= 11 is 1.42. The molecule has 0 aromatic carbocycles. The van der Waals surface area contributed by atoms with Gasteiger partial charge in [0.05, 0.1) is 0 Å². The third-order valence-electron chi connectivity index (χ3n) is 1.97. The van der Waals surface area contributed by atoms with E-state index in [-0.39, 0.29) is 0 Å². The Bertz CT molecular complexity index is 211. The molecule has 74 valence electrons. The molecule has 0 aliphatic rings. The Hall–Kier alpha value is -0.640. The molecular weight excluding hydrogens is 182 g/mol. The molecule has 1 N–H and O–H groups in total. The second kappa shape index (κ2) is 5.91. The van der Waals surface area contributed by atoms with Crippen LogP contribution in [0.5, 0.6) is 0 Å². The highest BCUT2D eigenvalue weighted by Gasteiger charge is 2.02. The summed E-state index contributed by atoms with van der Waals surface area (Å²) in [6.07, 6.45) is 6.70. The number of rotatable bonds is 6. The zero-order valence-corrected chi connectivity index (χ0v) is 9.10. The molecule has 3 nitrogen and oxygen atoms in total. The van der Waals surface area contributed by atoms with E-state index in [9.17, 15) is 0 Å². The molecule has 1 unspecified atom stereocenters. The van der Waals surface area contributed by atoms with Crippen LogP contribution >= 0.6 is 11.5 Å². The van der Waals surface area contributed by atoms with E-state index < -0.39 is 0 Å². The first-order valence-electron chi connectivity index (χ1n) is 4.86. The van der Waals surface area contributed by atoms with E-state index in [1.807, 2.05) is 0 Å². The normalized spacial score (nSPS) is 12.8. The molecule has 0 aliphatic carbocycles. The first-order valence-corrected chi connectivity index (χ1v) is 5.63. The molecule has 0 saturated carbocycles. The maximum Gasteiger partial charge on any atom is 0.202 e. The molecule has 0 amide bonds. The van der Waals surface area contributed by atoms with Crippen LogP contribution in [0.1, 0.15) is 39.5 Å². The first kappa shape index (κ1) is 10.4. The maximum atomic E-state index is 4.08. The van der Waals surface area contributed by atoms with Crippen molar-refractivity contribution in [3.63, 3.8) is 0 Å². The molecule has 13 heavy (non-hydrogen) atoms. The average molecular weight is 199 g/mol. The third kappa shape index (κ3) is 4.22. The Morgan fingerprint density at radius 2 is 2.38 bits per heavy atom. The summed E-state index contributed by atoms with van der Waals surface area (Å²) in [5.41, 5.74) is 0. The summed E-state index contributed by atoms with van der Waals surface area (Å²) in [6, 6.07) is 0.513. The fraction of sp³-hybridized carbons (Fsp3) is 0.778. The minimum atomic E-state index is 0.513. The highest BCUT2D eigenvalue weighted by molar-refractivity contribution is 7.09. The highest BCUT2D eigenvalue weighted by atomic mass is 32.1. The summed E-state index contributed by atoms with van der Waals surface area (Å²) in [4.78, 5) is 4.08. The average Bonchev–Trinajstić information content (AvgIpc) is 2.57. The van der Waals surface area contributed by atoms with Gasteiger partial charge in [0.25, 0.3) is 0 Å². The summed E-state index contributed by atoms with van der Waals surface area (Å²) in [6.45, 7) is 4.42. The molecule has 0 aliphatic heterocycles. The zero-order chi connectivity index (χ0) is 9.52. The lowest BCUT2D eigenvalue weighted by molar-refractivity contribution is 0.615. The summed E-state index contributed by atoms with van der Waals surface area (Å²) in [5.74, 6) is 0. The Labute approximate surface area is 83.8 Å². The van der Waals surface area contributed by atoms with Crippen LogP contribution in [0.3, 0.4) is 0 Å². The second-order valence-corrected chi connectivity index (χ2v) is 4.07. The van der Waals surface area contributed by atoms with Gasteiger partial charge in [0, 0.05) is 17.6 Å². The van der Waals surface area contributed by atoms with Gasteiger partial charge in [-0.1, -0.05) is 26.2 Å². The number of nitrogens with zero attached hydrogens (tertiary/aromatic N) is 2. The number of anilines is 1. The lowest BCUT2D eigenvalue weighted by Crippen LogP contribution is -2.14. The van der Waals surface area contributed by atoms with E-state index in [1.54, 1.807) is 6.33 Å². The molecule has 0 fully saturated rings. The van der Waals surface area contributed by atoms with E-state index in [0.717, 1.165) is 5.13 Å². The van der Waals surface area contributed by atoms with Crippen molar-refractivity contribution in [2.75, 3.05) is 5.32 Å². The quantitative estimate of drug-likeness (QED) is 0.716. The zero-order valence-electron chi connectivity index (χ0n) is 8.29. The highest BCUT2D eigenvalue weighted by Crippen LogP contribution is 2.11. The summed E-state index contributed by atoms with van der Waals surface area (Å²) < 4.78 is 3.94. The van der Waals surface area contributed by atoms with Gasteiger partial charge in [0.2, 0.25) is 5.13 Å². The smallest absolute Gasteiger partial charge is 0.202 e. The molecular formula is C9H17N3S. The van der Waals surface area contributed by atoms with Gasteiger partial charge in [0.15, 0.2) is 0 Å². The Balaban J connectivity index is 2.14. The topological polar surface area (TPSA) is 37.8 Å². The lowest BCUT2D eigenvalue weighted by Gasteiger charge is -2.11. The fourth-order valence-corrected chi connectivity index (χ4v) is 1.76. The van der Waals surface area contributed by atoms with Gasteiger partial charge in [-0.05, 0) is 13.3 Å². The van der Waals surface area contributed by atoms with Gasteiger partial charge >= 0.3 is 0 Å². The van der Waals surface area contributed by atoms with Crippen molar-refractivity contribution >= 4 is 16.7 Å². The van der Waals surface area contributed by atoms with Crippen LogP contribution in [0, 0.1) is 0 Å². The Kier molecular flexibility index (Phi) is 4.75. The molecule has 0 radical (unpaired) electrons. The molecule has 1 atom stereocenters. The van der Waals surface area contributed by atoms with Gasteiger partial charge in [-0.2, -0.15) is 4.37 Å². The predicted octanol–water partition coefficient (Wildman–Crippen LogP) is 2.92. The number of hydrogen-bond donors (Lipinski definition) is 1. The fourth-order valence-electron chi connectivity index (χ4n) is 1.22. The van der Waals surface area contributed by atoms with Crippen molar-refractivity contribution in [3.8, 4) is 0 Å². The van der Waals surface area contributed by atoms with Crippen LogP contribution in [0.2, 0.25) is 0 Å². The van der Waals surface area contributed by atoms with Crippen LogP contribution in [-0.2, 0) is 0 Å². The van der Waals surface area contributed by atoms with E-state index in [2.05, 4.69) is 28.5 Å². The van der Waals surface area contributed by atoms with Gasteiger partial charge in [-0.15, -0.1) is 0 Å². The van der Waals surface area contributed by atoms with Gasteiger partial charge < -0.3 is 5.32 Å². The minimum absolute atomic E-state index is 0.513. The molecule has 1 rings (SSSR count). The van der Waals surface area contributed by atoms with Crippen molar-refractivity contribution in [3.05, 3.63) is 6.33 Å². The van der Waals surface area contributed by atoms with E-state index in [0.29, 0.717) is 6.04 Å². The van der Waals surface area contributed by atoms with Crippen molar-refractivity contribution < 1.29 is 0 Å². The number of hydrogen-bond acceptors (Lipinski definition) is 4. The molecule has 0 bridgehead atoms. The van der Waals surface area contributed by atoms with E-state index in [4.69, 9.17) is 0 Å². The first-order chi connectivity index (χ1) is 6.33. The standard InChI is InChI=1S/C9H17N3S/c1-3-4-5-6-8(2)12-9-10-7-11-13-9/h7-8H,3-6H2,1-2H3,(H,10,11,12). The van der Waals surface area contributed by atoms with Crippen molar-refractivity contribution in [1.82, 2.24) is 9.36 Å². The predicted molar refractivity (Wildman–Crippen MR) is 57.1 cm³/mol. The SMILES string of the molecule is CCCCCC(C)Nc1ncns1.